The molecule has 2 N–H and O–H groups in total. The van der Waals surface area contributed by atoms with E-state index in [-0.39, 0.29) is 22.8 Å². The average molecular weight is 354 g/mol. The van der Waals surface area contributed by atoms with Crippen LogP contribution in [0.4, 0.5) is 4.39 Å². The van der Waals surface area contributed by atoms with Crippen LogP contribution in [0.5, 0.6) is 0 Å². The molecule has 3 aromatic heterocycles. The van der Waals surface area contributed by atoms with Crippen LogP contribution in [0.1, 0.15) is 15.9 Å². The third-order valence-electron chi connectivity index (χ3n) is 3.78. The number of hydrogen-bond donors (Lipinski definition) is 2. The summed E-state index contributed by atoms with van der Waals surface area (Å²) in [4.78, 5) is 34.1. The molecule has 0 atom stereocenters. The molecule has 0 unspecified atom stereocenters. The van der Waals surface area contributed by atoms with Crippen LogP contribution < -0.4 is 5.56 Å². The smallest absolute Gasteiger partial charge is 0.338 e. The van der Waals surface area contributed by atoms with Crippen LogP contribution in [0, 0.1) is 5.82 Å². The minimum atomic E-state index is -1.14. The lowest BCUT2D eigenvalue weighted by Crippen LogP contribution is -2.15. The number of aromatic nitrogens is 6. The van der Waals surface area contributed by atoms with E-state index in [1.54, 1.807) is 16.7 Å². The second kappa shape index (κ2) is 5.92. The first kappa shape index (κ1) is 15.7. The highest BCUT2D eigenvalue weighted by molar-refractivity contribution is 5.86. The SMILES string of the molecule is O=C(O)c1cnn(-c2nc3c(ncn3Cc3ccc(F)cc3)c(=O)[nH]2)c1. The highest BCUT2D eigenvalue weighted by Gasteiger charge is 2.14. The van der Waals surface area contributed by atoms with Crippen LogP contribution in [-0.4, -0.2) is 40.4 Å². The number of carboxylic acids is 1. The monoisotopic (exact) mass is 354 g/mol. The number of hydrogen-bond acceptors (Lipinski definition) is 5. The lowest BCUT2D eigenvalue weighted by atomic mass is 10.2. The molecule has 0 aliphatic carbocycles. The molecule has 0 aliphatic rings. The lowest BCUT2D eigenvalue weighted by molar-refractivity contribution is 0.0697. The van der Waals surface area contributed by atoms with Crippen molar-refractivity contribution in [2.45, 2.75) is 6.54 Å². The van der Waals surface area contributed by atoms with E-state index >= 15 is 0 Å². The molecule has 3 heterocycles. The lowest BCUT2D eigenvalue weighted by Gasteiger charge is -2.05. The van der Waals surface area contributed by atoms with Gasteiger partial charge in [-0.1, -0.05) is 12.1 Å². The standard InChI is InChI=1S/C16H11FN6O3/c17-11-3-1-9(2-4-11)6-22-8-18-12-13(22)20-16(21-14(12)24)23-7-10(5-19-23)15(25)26/h1-5,7-8H,6H2,(H,25,26)(H,20,21,24). The number of H-pyrrole nitrogens is 1. The van der Waals surface area contributed by atoms with Crippen molar-refractivity contribution in [3.05, 3.63) is 70.3 Å². The molecule has 10 heteroatoms. The molecular formula is C16H11FN6O3. The Labute approximate surface area is 144 Å². The summed E-state index contributed by atoms with van der Waals surface area (Å²) in [6, 6.07) is 5.94. The molecule has 26 heavy (non-hydrogen) atoms. The van der Waals surface area contributed by atoms with Crippen LogP contribution in [0.25, 0.3) is 17.1 Å². The number of rotatable bonds is 4. The first-order valence-electron chi connectivity index (χ1n) is 7.49. The Hall–Kier alpha value is -3.82. The Morgan fingerprint density at radius 1 is 1.27 bits per heavy atom. The van der Waals surface area contributed by atoms with Gasteiger partial charge in [0.2, 0.25) is 5.95 Å². The van der Waals surface area contributed by atoms with Crippen molar-refractivity contribution in [1.29, 1.82) is 0 Å². The van der Waals surface area contributed by atoms with E-state index in [0.29, 0.717) is 12.2 Å². The quantitative estimate of drug-likeness (QED) is 0.568. The molecule has 1 aromatic carbocycles. The number of halogens is 1. The maximum absolute atomic E-state index is 13.0. The Bertz CT molecular complexity index is 1170. The van der Waals surface area contributed by atoms with Gasteiger partial charge in [-0.05, 0) is 17.7 Å². The second-order valence-electron chi connectivity index (χ2n) is 5.54. The molecule has 130 valence electrons. The van der Waals surface area contributed by atoms with Gasteiger partial charge in [0.1, 0.15) is 5.82 Å². The van der Waals surface area contributed by atoms with Crippen LogP contribution in [0.15, 0.2) is 47.8 Å². The number of carbonyl (C=O) groups is 1. The maximum atomic E-state index is 13.0. The molecule has 0 spiro atoms. The topological polar surface area (TPSA) is 119 Å². The zero-order chi connectivity index (χ0) is 18.3. The summed E-state index contributed by atoms with van der Waals surface area (Å²) >= 11 is 0. The zero-order valence-electron chi connectivity index (χ0n) is 13.1. The van der Waals surface area contributed by atoms with Crippen molar-refractivity contribution in [2.75, 3.05) is 0 Å². The molecule has 4 rings (SSSR count). The summed E-state index contributed by atoms with van der Waals surface area (Å²) in [6.07, 6.45) is 3.86. The number of fused-ring (bicyclic) bond motifs is 1. The molecule has 0 radical (unpaired) electrons. The van der Waals surface area contributed by atoms with E-state index < -0.39 is 11.5 Å². The van der Waals surface area contributed by atoms with E-state index in [9.17, 15) is 14.0 Å². The third-order valence-corrected chi connectivity index (χ3v) is 3.78. The number of carboxylic acid groups (broad SMARTS) is 1. The molecule has 0 saturated heterocycles. The van der Waals surface area contributed by atoms with Gasteiger partial charge in [0, 0.05) is 6.20 Å². The molecule has 0 saturated carbocycles. The fraction of sp³-hybridized carbons (Fsp3) is 0.0625. The Balaban J connectivity index is 1.78. The van der Waals surface area contributed by atoms with Gasteiger partial charge in [0.25, 0.3) is 5.56 Å². The summed E-state index contributed by atoms with van der Waals surface area (Å²) in [5.41, 5.74) is 0.742. The van der Waals surface area contributed by atoms with Crippen molar-refractivity contribution in [3.8, 4) is 5.95 Å². The largest absolute Gasteiger partial charge is 0.478 e. The molecular weight excluding hydrogens is 343 g/mol. The first-order chi connectivity index (χ1) is 12.5. The molecule has 0 bridgehead atoms. The van der Waals surface area contributed by atoms with E-state index in [1.165, 1.54) is 29.3 Å². The highest BCUT2D eigenvalue weighted by atomic mass is 19.1. The number of aromatic carboxylic acids is 1. The summed E-state index contributed by atoms with van der Waals surface area (Å²) < 4.78 is 15.9. The Kier molecular flexibility index (Phi) is 3.57. The summed E-state index contributed by atoms with van der Waals surface area (Å²) in [7, 11) is 0. The van der Waals surface area contributed by atoms with Crippen molar-refractivity contribution in [1.82, 2.24) is 29.3 Å². The van der Waals surface area contributed by atoms with Gasteiger partial charge in [-0.3, -0.25) is 9.78 Å². The van der Waals surface area contributed by atoms with Gasteiger partial charge in [-0.2, -0.15) is 10.1 Å². The number of nitrogens with zero attached hydrogens (tertiary/aromatic N) is 5. The second-order valence-corrected chi connectivity index (χ2v) is 5.54. The normalized spacial score (nSPS) is 11.1. The number of nitrogens with one attached hydrogen (secondary N) is 1. The van der Waals surface area contributed by atoms with E-state index in [4.69, 9.17) is 5.11 Å². The third kappa shape index (κ3) is 2.73. The summed E-state index contributed by atoms with van der Waals surface area (Å²) in [6.45, 7) is 0.339. The van der Waals surface area contributed by atoms with Crippen molar-refractivity contribution in [3.63, 3.8) is 0 Å². The number of imidazole rings is 1. The van der Waals surface area contributed by atoms with Gasteiger partial charge in [-0.15, -0.1) is 0 Å². The van der Waals surface area contributed by atoms with Gasteiger partial charge in [0.05, 0.1) is 24.6 Å². The number of aromatic amines is 1. The fourth-order valence-corrected chi connectivity index (χ4v) is 2.50. The van der Waals surface area contributed by atoms with Gasteiger partial charge < -0.3 is 9.67 Å². The molecule has 4 aromatic rings. The highest BCUT2D eigenvalue weighted by Crippen LogP contribution is 2.12. The van der Waals surface area contributed by atoms with Crippen LogP contribution in [0.2, 0.25) is 0 Å². The van der Waals surface area contributed by atoms with Gasteiger partial charge in [-0.25, -0.2) is 18.9 Å². The van der Waals surface area contributed by atoms with Crippen molar-refractivity contribution < 1.29 is 14.3 Å². The van der Waals surface area contributed by atoms with Gasteiger partial charge >= 0.3 is 5.97 Å². The summed E-state index contributed by atoms with van der Waals surface area (Å²) in [5.74, 6) is -1.41. The molecule has 0 fully saturated rings. The predicted octanol–water partition coefficient (Wildman–Crippen LogP) is 1.19. The van der Waals surface area contributed by atoms with Gasteiger partial charge in [0.15, 0.2) is 11.2 Å². The van der Waals surface area contributed by atoms with Crippen LogP contribution in [0.3, 0.4) is 0 Å². The molecule has 0 aliphatic heterocycles. The minimum absolute atomic E-state index is 0.0347. The first-order valence-corrected chi connectivity index (χ1v) is 7.49. The maximum Gasteiger partial charge on any atom is 0.338 e. The van der Waals surface area contributed by atoms with E-state index in [2.05, 4.69) is 20.1 Å². The molecule has 9 nitrogen and oxygen atoms in total. The summed E-state index contributed by atoms with van der Waals surface area (Å²) in [5, 5.41) is 12.9. The fourth-order valence-electron chi connectivity index (χ4n) is 2.50. The number of benzene rings is 1. The van der Waals surface area contributed by atoms with E-state index in [0.717, 1.165) is 11.8 Å². The van der Waals surface area contributed by atoms with Crippen LogP contribution >= 0.6 is 0 Å². The van der Waals surface area contributed by atoms with Crippen molar-refractivity contribution in [2.24, 2.45) is 0 Å². The Morgan fingerprint density at radius 2 is 2.04 bits per heavy atom. The minimum Gasteiger partial charge on any atom is -0.478 e. The average Bonchev–Trinajstić information content (AvgIpc) is 3.25. The van der Waals surface area contributed by atoms with Crippen LogP contribution in [-0.2, 0) is 6.54 Å². The van der Waals surface area contributed by atoms with Crippen molar-refractivity contribution >= 4 is 17.1 Å². The predicted molar refractivity (Wildman–Crippen MR) is 87.7 cm³/mol. The Morgan fingerprint density at radius 3 is 2.73 bits per heavy atom. The zero-order valence-corrected chi connectivity index (χ0v) is 13.1. The van der Waals surface area contributed by atoms with E-state index in [1.807, 2.05) is 0 Å². The molecule has 0 amide bonds.